The Bertz CT molecular complexity index is 610. The molecule has 1 heterocycles. The Kier molecular flexibility index (Phi) is 4.65. The summed E-state index contributed by atoms with van der Waals surface area (Å²) in [4.78, 5) is 2.09. The molecule has 0 bridgehead atoms. The van der Waals surface area contributed by atoms with Gasteiger partial charge in [0.05, 0.1) is 9.35 Å². The molecule has 100 valence electrons. The summed E-state index contributed by atoms with van der Waals surface area (Å²) in [5.74, 6) is 0.0702. The smallest absolute Gasteiger partial charge is 0.126 e. The summed E-state index contributed by atoms with van der Waals surface area (Å²) >= 11 is 8.59. The Morgan fingerprint density at radius 3 is 2.74 bits per heavy atom. The number of rotatable bonds is 4. The maximum absolute atomic E-state index is 7.71. The second-order valence-corrected chi connectivity index (χ2v) is 7.31. The molecule has 0 amide bonds. The highest BCUT2D eigenvalue weighted by Gasteiger charge is 2.13. The first kappa shape index (κ1) is 14.6. The van der Waals surface area contributed by atoms with E-state index >= 15 is 0 Å². The summed E-state index contributed by atoms with van der Waals surface area (Å²) in [7, 11) is 2.00. The maximum Gasteiger partial charge on any atom is 0.126 e. The molecule has 0 saturated heterocycles. The molecule has 2 aromatic rings. The lowest BCUT2D eigenvalue weighted by atomic mass is 10.1. The van der Waals surface area contributed by atoms with E-state index in [1.165, 1.54) is 5.56 Å². The molecule has 0 aliphatic heterocycles. The first-order valence-corrected chi connectivity index (χ1v) is 8.02. The molecular formula is C13H13Br2N3S. The van der Waals surface area contributed by atoms with E-state index in [0.29, 0.717) is 0 Å². The second kappa shape index (κ2) is 6.07. The fourth-order valence-electron chi connectivity index (χ4n) is 1.89. The van der Waals surface area contributed by atoms with E-state index in [2.05, 4.69) is 48.2 Å². The van der Waals surface area contributed by atoms with E-state index in [1.54, 1.807) is 11.3 Å². The summed E-state index contributed by atoms with van der Waals surface area (Å²) < 4.78 is 1.97. The van der Waals surface area contributed by atoms with Crippen LogP contribution < -0.4 is 10.6 Å². The Balaban J connectivity index is 2.31. The quantitative estimate of drug-likeness (QED) is 0.594. The van der Waals surface area contributed by atoms with Gasteiger partial charge in [0, 0.05) is 23.8 Å². The molecule has 0 aliphatic carbocycles. The number of amidine groups is 1. The predicted molar refractivity (Wildman–Crippen MR) is 89.3 cm³/mol. The molecule has 0 unspecified atom stereocenters. The lowest BCUT2D eigenvalue weighted by Gasteiger charge is -2.22. The summed E-state index contributed by atoms with van der Waals surface area (Å²) in [6.07, 6.45) is 0. The van der Waals surface area contributed by atoms with Crippen LogP contribution in [0.1, 0.15) is 11.1 Å². The zero-order valence-electron chi connectivity index (χ0n) is 10.3. The fourth-order valence-corrected chi connectivity index (χ4v) is 3.65. The van der Waals surface area contributed by atoms with Crippen LogP contribution in [0.3, 0.4) is 0 Å². The Labute approximate surface area is 133 Å². The lowest BCUT2D eigenvalue weighted by molar-refractivity contribution is 0.924. The molecule has 6 heteroatoms. The third kappa shape index (κ3) is 3.38. The molecule has 0 spiro atoms. The second-order valence-electron chi connectivity index (χ2n) is 4.16. The normalized spacial score (nSPS) is 10.5. The van der Waals surface area contributed by atoms with Gasteiger partial charge in [-0.05, 0) is 61.0 Å². The minimum atomic E-state index is 0.0702. The van der Waals surface area contributed by atoms with E-state index in [0.717, 1.165) is 26.1 Å². The van der Waals surface area contributed by atoms with Gasteiger partial charge in [-0.2, -0.15) is 0 Å². The third-order valence-corrected chi connectivity index (χ3v) is 4.93. The molecule has 0 saturated carbocycles. The summed E-state index contributed by atoms with van der Waals surface area (Å²) in [6.45, 7) is 0.777. The molecule has 0 fully saturated rings. The van der Waals surface area contributed by atoms with Gasteiger partial charge in [-0.25, -0.2) is 0 Å². The number of nitrogens with one attached hydrogen (secondary N) is 1. The number of nitrogens with two attached hydrogens (primary N) is 1. The highest BCUT2D eigenvalue weighted by molar-refractivity contribution is 9.11. The molecule has 1 aromatic heterocycles. The van der Waals surface area contributed by atoms with Crippen molar-refractivity contribution in [2.45, 2.75) is 6.54 Å². The van der Waals surface area contributed by atoms with Crippen molar-refractivity contribution in [3.05, 3.63) is 49.0 Å². The number of nitrogen functional groups attached to an aromatic ring is 1. The van der Waals surface area contributed by atoms with Crippen molar-refractivity contribution in [1.82, 2.24) is 0 Å². The summed E-state index contributed by atoms with van der Waals surface area (Å²) in [5, 5.41) is 9.83. The van der Waals surface area contributed by atoms with Crippen LogP contribution in [-0.2, 0) is 6.54 Å². The highest BCUT2D eigenvalue weighted by atomic mass is 79.9. The van der Waals surface area contributed by atoms with Gasteiger partial charge in [0.25, 0.3) is 0 Å². The standard InChI is InChI=1S/C13H13Br2N3S/c1-18(6-8-5-11(15)19-7-8)10-4-2-3-9(14)12(10)13(16)17/h2-5,7H,6H2,1H3,(H3,16,17). The number of hydrogen-bond donors (Lipinski definition) is 2. The van der Waals surface area contributed by atoms with Crippen LogP contribution in [0.4, 0.5) is 5.69 Å². The topological polar surface area (TPSA) is 53.1 Å². The number of nitrogens with zero attached hydrogens (tertiary/aromatic N) is 1. The van der Waals surface area contributed by atoms with Gasteiger partial charge in [-0.1, -0.05) is 6.07 Å². The van der Waals surface area contributed by atoms with Crippen molar-refractivity contribution in [3.8, 4) is 0 Å². The highest BCUT2D eigenvalue weighted by Crippen LogP contribution is 2.29. The van der Waals surface area contributed by atoms with Crippen LogP contribution >= 0.6 is 43.2 Å². The van der Waals surface area contributed by atoms with Crippen molar-refractivity contribution < 1.29 is 0 Å². The minimum Gasteiger partial charge on any atom is -0.384 e. The predicted octanol–water partition coefficient (Wildman–Crippen LogP) is 4.19. The van der Waals surface area contributed by atoms with E-state index in [9.17, 15) is 0 Å². The van der Waals surface area contributed by atoms with Gasteiger partial charge in [0.2, 0.25) is 0 Å². The Hall–Kier alpha value is -0.850. The molecule has 3 nitrogen and oxygen atoms in total. The summed E-state index contributed by atoms with van der Waals surface area (Å²) in [6, 6.07) is 7.93. The van der Waals surface area contributed by atoms with Gasteiger partial charge < -0.3 is 10.6 Å². The van der Waals surface area contributed by atoms with Crippen molar-refractivity contribution in [1.29, 1.82) is 5.41 Å². The van der Waals surface area contributed by atoms with Gasteiger partial charge in [-0.15, -0.1) is 11.3 Å². The van der Waals surface area contributed by atoms with Crippen molar-refractivity contribution in [2.24, 2.45) is 5.73 Å². The zero-order chi connectivity index (χ0) is 14.0. The number of benzene rings is 1. The number of anilines is 1. The average molecular weight is 403 g/mol. The number of halogens is 2. The van der Waals surface area contributed by atoms with Crippen molar-refractivity contribution >= 4 is 54.7 Å². The summed E-state index contributed by atoms with van der Waals surface area (Å²) in [5.41, 5.74) is 8.59. The van der Waals surface area contributed by atoms with Gasteiger partial charge in [-0.3, -0.25) is 5.41 Å². The first-order chi connectivity index (χ1) is 8.99. The van der Waals surface area contributed by atoms with Crippen LogP contribution in [0.2, 0.25) is 0 Å². The van der Waals surface area contributed by atoms with Crippen LogP contribution in [0.25, 0.3) is 0 Å². The van der Waals surface area contributed by atoms with Crippen LogP contribution in [0, 0.1) is 5.41 Å². The molecule has 19 heavy (non-hydrogen) atoms. The van der Waals surface area contributed by atoms with E-state index in [4.69, 9.17) is 11.1 Å². The lowest BCUT2D eigenvalue weighted by Crippen LogP contribution is -2.22. The first-order valence-electron chi connectivity index (χ1n) is 5.56. The van der Waals surface area contributed by atoms with Crippen molar-refractivity contribution in [3.63, 3.8) is 0 Å². The van der Waals surface area contributed by atoms with Crippen LogP contribution in [-0.4, -0.2) is 12.9 Å². The molecule has 1 aromatic carbocycles. The molecule has 3 N–H and O–H groups in total. The van der Waals surface area contributed by atoms with Crippen LogP contribution in [0.15, 0.2) is 37.9 Å². The molecule has 0 atom stereocenters. The third-order valence-electron chi connectivity index (χ3n) is 2.71. The minimum absolute atomic E-state index is 0.0702. The largest absolute Gasteiger partial charge is 0.384 e. The molecule has 0 aliphatic rings. The Morgan fingerprint density at radius 2 is 2.16 bits per heavy atom. The van der Waals surface area contributed by atoms with Crippen molar-refractivity contribution in [2.75, 3.05) is 11.9 Å². The molecular weight excluding hydrogens is 390 g/mol. The number of thiophene rings is 1. The molecule has 2 rings (SSSR count). The van der Waals surface area contributed by atoms with Crippen LogP contribution in [0.5, 0.6) is 0 Å². The maximum atomic E-state index is 7.71. The average Bonchev–Trinajstić information content (AvgIpc) is 2.73. The Morgan fingerprint density at radius 1 is 1.42 bits per heavy atom. The van der Waals surface area contributed by atoms with E-state index in [-0.39, 0.29) is 5.84 Å². The zero-order valence-corrected chi connectivity index (χ0v) is 14.3. The number of hydrogen-bond acceptors (Lipinski definition) is 3. The molecule has 0 radical (unpaired) electrons. The fraction of sp³-hybridized carbons (Fsp3) is 0.154. The SMILES string of the molecule is CN(Cc1csc(Br)c1)c1cccc(Br)c1C(=N)N. The monoisotopic (exact) mass is 401 g/mol. The van der Waals surface area contributed by atoms with Gasteiger partial charge >= 0.3 is 0 Å². The van der Waals surface area contributed by atoms with Gasteiger partial charge in [0.15, 0.2) is 0 Å². The van der Waals surface area contributed by atoms with E-state index in [1.807, 2.05) is 25.2 Å². The van der Waals surface area contributed by atoms with E-state index < -0.39 is 0 Å². The van der Waals surface area contributed by atoms with Gasteiger partial charge in [0.1, 0.15) is 5.84 Å².